The molecule has 1 heterocycles. The lowest BCUT2D eigenvalue weighted by atomic mass is 10.2. The Balaban J connectivity index is 0.00000338. The molecule has 0 bridgehead atoms. The highest BCUT2D eigenvalue weighted by molar-refractivity contribution is 14.0. The highest BCUT2D eigenvalue weighted by Gasteiger charge is 2.04. The first-order valence-electron chi connectivity index (χ1n) is 7.98. The van der Waals surface area contributed by atoms with E-state index in [0.29, 0.717) is 24.8 Å². The topological polar surface area (TPSA) is 102 Å². The third kappa shape index (κ3) is 7.56. The Morgan fingerprint density at radius 2 is 2.12 bits per heavy atom. The maximum Gasteiger partial charge on any atom is 0.255 e. The molecule has 0 aliphatic heterocycles. The third-order valence-electron chi connectivity index (χ3n) is 3.32. The van der Waals surface area contributed by atoms with Crippen LogP contribution in [-0.2, 0) is 24.3 Å². The molecule has 1 aromatic carbocycles. The lowest BCUT2D eigenvalue weighted by Crippen LogP contribution is -2.36. The van der Waals surface area contributed by atoms with Gasteiger partial charge in [-0.3, -0.25) is 9.79 Å². The average Bonchev–Trinajstić information content (AvgIpc) is 3.08. The van der Waals surface area contributed by atoms with Crippen LogP contribution in [0.1, 0.15) is 22.4 Å². The van der Waals surface area contributed by atoms with Crippen molar-refractivity contribution >= 4 is 47.2 Å². The zero-order chi connectivity index (χ0) is 18.1. The number of aliphatic imine (C=N–C) groups is 1. The first kappa shape index (κ1) is 22.2. The van der Waals surface area contributed by atoms with Gasteiger partial charge in [-0.05, 0) is 24.1 Å². The largest absolute Gasteiger partial charge is 0.484 e. The van der Waals surface area contributed by atoms with E-state index in [0.717, 1.165) is 17.0 Å². The van der Waals surface area contributed by atoms with E-state index in [1.54, 1.807) is 24.5 Å². The Bertz CT molecular complexity index is 735. The quantitative estimate of drug-likeness (QED) is 0.300. The number of ether oxygens (including phenoxy) is 1. The van der Waals surface area contributed by atoms with Gasteiger partial charge in [0.2, 0.25) is 0 Å². The Morgan fingerprint density at radius 1 is 1.35 bits per heavy atom. The molecule has 142 valence electrons. The summed E-state index contributed by atoms with van der Waals surface area (Å²) in [7, 11) is 1.72. The van der Waals surface area contributed by atoms with E-state index in [1.807, 2.05) is 24.4 Å². The summed E-state index contributed by atoms with van der Waals surface area (Å²) in [6.07, 6.45) is 2.91. The number of primary amides is 1. The van der Waals surface area contributed by atoms with E-state index in [4.69, 9.17) is 10.5 Å². The number of aromatic nitrogens is 1. The molecule has 0 fully saturated rings. The summed E-state index contributed by atoms with van der Waals surface area (Å²) in [5, 5.41) is 7.51. The molecule has 7 nitrogen and oxygen atoms in total. The summed E-state index contributed by atoms with van der Waals surface area (Å²) < 4.78 is 5.30. The van der Waals surface area contributed by atoms with Crippen molar-refractivity contribution in [2.24, 2.45) is 10.7 Å². The van der Waals surface area contributed by atoms with Crippen LogP contribution in [0.2, 0.25) is 0 Å². The fourth-order valence-corrected chi connectivity index (χ4v) is 2.86. The second kappa shape index (κ2) is 11.7. The fourth-order valence-electron chi connectivity index (χ4n) is 2.06. The van der Waals surface area contributed by atoms with Crippen LogP contribution in [0.5, 0.6) is 5.75 Å². The zero-order valence-electron chi connectivity index (χ0n) is 14.8. The van der Waals surface area contributed by atoms with Crippen LogP contribution in [0.25, 0.3) is 0 Å². The minimum Gasteiger partial charge on any atom is -0.484 e. The van der Waals surface area contributed by atoms with Gasteiger partial charge < -0.3 is 21.1 Å². The van der Waals surface area contributed by atoms with E-state index in [1.165, 1.54) is 4.88 Å². The number of nitrogens with one attached hydrogen (secondary N) is 2. The standard InChI is InChI=1S/C17H23N5O2S.HI/c1-3-14-9-20-16(25-14)10-22-17(19-2)21-8-12-5-4-6-13(7-12)24-11-15(18)23;/h4-7,9H,3,8,10-11H2,1-2H3,(H2,18,23)(H2,19,21,22);1H. The number of nitrogens with zero attached hydrogens (tertiary/aromatic N) is 2. The van der Waals surface area contributed by atoms with E-state index in [9.17, 15) is 4.79 Å². The zero-order valence-corrected chi connectivity index (χ0v) is 18.0. The predicted octanol–water partition coefficient (Wildman–Crippen LogP) is 2.05. The van der Waals surface area contributed by atoms with Gasteiger partial charge in [0.15, 0.2) is 12.6 Å². The van der Waals surface area contributed by atoms with Crippen LogP contribution in [0.4, 0.5) is 0 Å². The Hall–Kier alpha value is -1.88. The van der Waals surface area contributed by atoms with E-state index in [2.05, 4.69) is 27.5 Å². The van der Waals surface area contributed by atoms with Crippen molar-refractivity contribution in [3.63, 3.8) is 0 Å². The summed E-state index contributed by atoms with van der Waals surface area (Å²) in [4.78, 5) is 20.6. The van der Waals surface area contributed by atoms with Crippen LogP contribution in [0.15, 0.2) is 35.5 Å². The average molecular weight is 489 g/mol. The summed E-state index contributed by atoms with van der Waals surface area (Å²) >= 11 is 1.70. The van der Waals surface area contributed by atoms with E-state index >= 15 is 0 Å². The van der Waals surface area contributed by atoms with Gasteiger partial charge in [0, 0.05) is 24.7 Å². The molecule has 0 atom stereocenters. The van der Waals surface area contributed by atoms with Crippen LogP contribution in [-0.4, -0.2) is 30.5 Å². The predicted molar refractivity (Wildman–Crippen MR) is 115 cm³/mol. The highest BCUT2D eigenvalue weighted by atomic mass is 127. The van der Waals surface area contributed by atoms with Crippen molar-refractivity contribution in [1.29, 1.82) is 0 Å². The number of aryl methyl sites for hydroxylation is 1. The maximum atomic E-state index is 10.8. The van der Waals surface area contributed by atoms with Crippen molar-refractivity contribution in [1.82, 2.24) is 15.6 Å². The molecule has 0 aliphatic rings. The number of benzene rings is 1. The van der Waals surface area contributed by atoms with Crippen molar-refractivity contribution in [3.8, 4) is 5.75 Å². The molecule has 1 amide bonds. The number of guanidine groups is 1. The van der Waals surface area contributed by atoms with Gasteiger partial charge >= 0.3 is 0 Å². The van der Waals surface area contributed by atoms with Crippen molar-refractivity contribution in [3.05, 3.63) is 45.9 Å². The van der Waals surface area contributed by atoms with Crippen LogP contribution >= 0.6 is 35.3 Å². The Kier molecular flexibility index (Phi) is 9.96. The molecule has 9 heteroatoms. The first-order chi connectivity index (χ1) is 12.1. The minimum atomic E-state index is -0.499. The van der Waals surface area contributed by atoms with Gasteiger partial charge in [-0.25, -0.2) is 4.98 Å². The molecule has 0 radical (unpaired) electrons. The van der Waals surface area contributed by atoms with Gasteiger partial charge in [0.1, 0.15) is 10.8 Å². The second-order valence-corrected chi connectivity index (χ2v) is 6.46. The van der Waals surface area contributed by atoms with Gasteiger partial charge in [-0.2, -0.15) is 0 Å². The number of hydrogen-bond acceptors (Lipinski definition) is 5. The van der Waals surface area contributed by atoms with Crippen molar-refractivity contribution in [2.45, 2.75) is 26.4 Å². The van der Waals surface area contributed by atoms with Crippen molar-refractivity contribution < 1.29 is 9.53 Å². The van der Waals surface area contributed by atoms with Gasteiger partial charge in [0.05, 0.1) is 6.54 Å². The Morgan fingerprint density at radius 3 is 2.77 bits per heavy atom. The number of carbonyl (C=O) groups is 1. The third-order valence-corrected chi connectivity index (χ3v) is 4.46. The molecule has 1 aromatic heterocycles. The van der Waals surface area contributed by atoms with Crippen LogP contribution in [0, 0.1) is 0 Å². The van der Waals surface area contributed by atoms with Gasteiger partial charge in [-0.1, -0.05) is 19.1 Å². The molecular formula is C17H24IN5O2S. The van der Waals surface area contributed by atoms with Gasteiger partial charge in [0.25, 0.3) is 5.91 Å². The monoisotopic (exact) mass is 489 g/mol. The lowest BCUT2D eigenvalue weighted by Gasteiger charge is -2.12. The number of rotatable bonds is 8. The summed E-state index contributed by atoms with van der Waals surface area (Å²) in [5.74, 6) is 0.800. The fraction of sp³-hybridized carbons (Fsp3) is 0.353. The van der Waals surface area contributed by atoms with Crippen LogP contribution in [0.3, 0.4) is 0 Å². The molecule has 26 heavy (non-hydrogen) atoms. The molecule has 2 aromatic rings. The number of thiazole rings is 1. The summed E-state index contributed by atoms with van der Waals surface area (Å²) in [6, 6.07) is 7.47. The first-order valence-corrected chi connectivity index (χ1v) is 8.80. The normalized spacial score (nSPS) is 10.8. The highest BCUT2D eigenvalue weighted by Crippen LogP contribution is 2.14. The molecule has 0 unspecified atom stereocenters. The Labute approximate surface area is 174 Å². The molecule has 2 rings (SSSR count). The molecule has 0 spiro atoms. The molecule has 0 aliphatic carbocycles. The SMILES string of the molecule is CCc1cnc(CNC(=NC)NCc2cccc(OCC(N)=O)c2)s1.I. The molecule has 0 saturated carbocycles. The van der Waals surface area contributed by atoms with E-state index < -0.39 is 5.91 Å². The smallest absolute Gasteiger partial charge is 0.255 e. The van der Waals surface area contributed by atoms with Crippen molar-refractivity contribution in [2.75, 3.05) is 13.7 Å². The van der Waals surface area contributed by atoms with Gasteiger partial charge in [-0.15, -0.1) is 35.3 Å². The number of hydrogen-bond donors (Lipinski definition) is 3. The lowest BCUT2D eigenvalue weighted by molar-refractivity contribution is -0.119. The number of nitrogens with two attached hydrogens (primary N) is 1. The maximum absolute atomic E-state index is 10.8. The summed E-state index contributed by atoms with van der Waals surface area (Å²) in [6.45, 7) is 3.19. The number of halogens is 1. The molecular weight excluding hydrogens is 465 g/mol. The molecule has 4 N–H and O–H groups in total. The summed E-state index contributed by atoms with van der Waals surface area (Å²) in [5.41, 5.74) is 6.09. The number of carbonyl (C=O) groups excluding carboxylic acids is 1. The van der Waals surface area contributed by atoms with E-state index in [-0.39, 0.29) is 30.6 Å². The number of amides is 1. The minimum absolute atomic E-state index is 0. The molecule has 0 saturated heterocycles. The van der Waals surface area contributed by atoms with Crippen LogP contribution < -0.4 is 21.1 Å². The second-order valence-electron chi connectivity index (χ2n) is 5.26.